The van der Waals surface area contributed by atoms with E-state index in [4.69, 9.17) is 0 Å². The number of unbranched alkanes of at least 4 members (excludes halogenated alkanes) is 1. The first-order valence-corrected chi connectivity index (χ1v) is 10.8. The average molecular weight is 439 g/mol. The van der Waals surface area contributed by atoms with Crippen LogP contribution in [0.2, 0.25) is 0 Å². The van der Waals surface area contributed by atoms with Crippen LogP contribution < -0.4 is 10.0 Å². The number of carbonyl (C=O) groups excluding carboxylic acids is 1. The molecule has 140 valence electrons. The van der Waals surface area contributed by atoms with Crippen molar-refractivity contribution in [3.63, 3.8) is 0 Å². The highest BCUT2D eigenvalue weighted by molar-refractivity contribution is 9.10. The van der Waals surface area contributed by atoms with E-state index in [0.717, 1.165) is 23.7 Å². The molecule has 5 nitrogen and oxygen atoms in total. The molecule has 0 unspecified atom stereocenters. The van der Waals surface area contributed by atoms with Crippen molar-refractivity contribution in [2.24, 2.45) is 0 Å². The van der Waals surface area contributed by atoms with Crippen LogP contribution >= 0.6 is 15.9 Å². The van der Waals surface area contributed by atoms with Crippen LogP contribution in [0, 0.1) is 0 Å². The van der Waals surface area contributed by atoms with Gasteiger partial charge in [-0.05, 0) is 61.7 Å². The topological polar surface area (TPSA) is 75.3 Å². The molecule has 0 saturated carbocycles. The maximum Gasteiger partial charge on any atom is 0.242 e. The summed E-state index contributed by atoms with van der Waals surface area (Å²) < 4.78 is 27.9. The number of aryl methyl sites for hydroxylation is 1. The van der Waals surface area contributed by atoms with Gasteiger partial charge in [0, 0.05) is 10.2 Å². The van der Waals surface area contributed by atoms with Gasteiger partial charge in [-0.2, -0.15) is 4.72 Å². The monoisotopic (exact) mass is 438 g/mol. The maximum absolute atomic E-state index is 12.3. The molecule has 0 aromatic heterocycles. The number of hydrogen-bond acceptors (Lipinski definition) is 3. The molecular weight excluding hydrogens is 416 g/mol. The molecule has 26 heavy (non-hydrogen) atoms. The number of hydrogen-bond donors (Lipinski definition) is 2. The van der Waals surface area contributed by atoms with E-state index in [1.807, 2.05) is 24.3 Å². The van der Waals surface area contributed by atoms with Gasteiger partial charge in [0.25, 0.3) is 0 Å². The molecule has 1 amide bonds. The lowest BCUT2D eigenvalue weighted by Crippen LogP contribution is -2.41. The first-order valence-electron chi connectivity index (χ1n) is 8.49. The third-order valence-electron chi connectivity index (χ3n) is 3.89. The summed E-state index contributed by atoms with van der Waals surface area (Å²) in [5, 5.41) is 2.73. The summed E-state index contributed by atoms with van der Waals surface area (Å²) in [7, 11) is -3.76. The van der Waals surface area contributed by atoms with E-state index < -0.39 is 22.0 Å². The Morgan fingerprint density at radius 2 is 1.69 bits per heavy atom. The van der Waals surface area contributed by atoms with Gasteiger partial charge in [-0.25, -0.2) is 8.42 Å². The largest absolute Gasteiger partial charge is 0.325 e. The molecule has 2 N–H and O–H groups in total. The van der Waals surface area contributed by atoms with Crippen molar-refractivity contribution >= 4 is 37.5 Å². The van der Waals surface area contributed by atoms with Gasteiger partial charge in [0.15, 0.2) is 0 Å². The molecule has 7 heteroatoms. The van der Waals surface area contributed by atoms with Crippen LogP contribution in [0.3, 0.4) is 0 Å². The van der Waals surface area contributed by atoms with Crippen LogP contribution in [-0.4, -0.2) is 20.4 Å². The summed E-state index contributed by atoms with van der Waals surface area (Å²) in [5.74, 6) is -0.410. The van der Waals surface area contributed by atoms with Crippen molar-refractivity contribution in [2.75, 3.05) is 5.32 Å². The molecule has 0 saturated heterocycles. The van der Waals surface area contributed by atoms with Crippen molar-refractivity contribution in [1.29, 1.82) is 0 Å². The summed E-state index contributed by atoms with van der Waals surface area (Å²) in [4.78, 5) is 12.4. The molecule has 0 fully saturated rings. The minimum atomic E-state index is -3.76. The number of sulfonamides is 1. The van der Waals surface area contributed by atoms with E-state index >= 15 is 0 Å². The Hall–Kier alpha value is -1.70. The van der Waals surface area contributed by atoms with Gasteiger partial charge in [0.05, 0.1) is 10.9 Å². The molecule has 0 radical (unpaired) electrons. The summed E-state index contributed by atoms with van der Waals surface area (Å²) in [6.45, 7) is 3.66. The van der Waals surface area contributed by atoms with Gasteiger partial charge < -0.3 is 5.32 Å². The molecule has 2 rings (SSSR count). The highest BCUT2D eigenvalue weighted by Crippen LogP contribution is 2.16. The third-order valence-corrected chi connectivity index (χ3v) is 5.97. The number of carbonyl (C=O) groups is 1. The Kier molecular flexibility index (Phi) is 7.37. The molecule has 0 heterocycles. The van der Waals surface area contributed by atoms with Crippen LogP contribution in [-0.2, 0) is 21.2 Å². The lowest BCUT2D eigenvalue weighted by atomic mass is 10.1. The zero-order valence-corrected chi connectivity index (χ0v) is 17.2. The highest BCUT2D eigenvalue weighted by atomic mass is 79.9. The van der Waals surface area contributed by atoms with Crippen molar-refractivity contribution in [3.8, 4) is 0 Å². The fraction of sp³-hybridized carbons (Fsp3) is 0.316. The number of benzene rings is 2. The predicted octanol–water partition coefficient (Wildman–Crippen LogP) is 4.10. The molecule has 2 aromatic rings. The SMILES string of the molecule is CCCCc1ccc(NC(=O)[C@H](C)NS(=O)(=O)c2ccc(Br)cc2)cc1. The predicted molar refractivity (Wildman–Crippen MR) is 108 cm³/mol. The zero-order chi connectivity index (χ0) is 19.2. The van der Waals surface area contributed by atoms with Gasteiger partial charge >= 0.3 is 0 Å². The fourth-order valence-electron chi connectivity index (χ4n) is 2.35. The summed E-state index contributed by atoms with van der Waals surface area (Å²) in [5.41, 5.74) is 1.86. The Balaban J connectivity index is 1.97. The normalized spacial score (nSPS) is 12.6. The van der Waals surface area contributed by atoms with Crippen molar-refractivity contribution in [2.45, 2.75) is 44.0 Å². The van der Waals surface area contributed by atoms with Crippen LogP contribution in [0.25, 0.3) is 0 Å². The first kappa shape index (κ1) is 20.6. The van der Waals surface area contributed by atoms with Crippen LogP contribution in [0.5, 0.6) is 0 Å². The number of anilines is 1. The second-order valence-corrected chi connectivity index (χ2v) is 8.72. The van der Waals surface area contributed by atoms with Crippen molar-refractivity contribution < 1.29 is 13.2 Å². The minimum Gasteiger partial charge on any atom is -0.325 e. The lowest BCUT2D eigenvalue weighted by molar-refractivity contribution is -0.117. The number of amides is 1. The molecular formula is C19H23BrN2O3S. The van der Waals surface area contributed by atoms with Crippen molar-refractivity contribution in [3.05, 3.63) is 58.6 Å². The lowest BCUT2D eigenvalue weighted by Gasteiger charge is -2.15. The molecule has 2 aromatic carbocycles. The van der Waals surface area contributed by atoms with E-state index in [1.54, 1.807) is 12.1 Å². The Bertz CT molecular complexity index is 834. The van der Waals surface area contributed by atoms with Crippen LogP contribution in [0.1, 0.15) is 32.3 Å². The van der Waals surface area contributed by atoms with Gasteiger partial charge in [-0.1, -0.05) is 41.4 Å². The van der Waals surface area contributed by atoms with E-state index in [2.05, 4.69) is 32.9 Å². The van der Waals surface area contributed by atoms with Crippen LogP contribution in [0.15, 0.2) is 57.9 Å². The van der Waals surface area contributed by atoms with E-state index in [9.17, 15) is 13.2 Å². The molecule has 0 aliphatic rings. The average Bonchev–Trinajstić information content (AvgIpc) is 2.61. The van der Waals surface area contributed by atoms with Gasteiger partial charge in [-0.15, -0.1) is 0 Å². The number of rotatable bonds is 8. The standard InChI is InChI=1S/C19H23BrN2O3S/c1-3-4-5-15-6-10-17(11-7-15)21-19(23)14(2)22-26(24,25)18-12-8-16(20)9-13-18/h6-14,22H,3-5H2,1-2H3,(H,21,23)/t14-/m0/s1. The molecule has 0 aliphatic heterocycles. The third kappa shape index (κ3) is 5.93. The van der Waals surface area contributed by atoms with Crippen LogP contribution in [0.4, 0.5) is 5.69 Å². The summed E-state index contributed by atoms with van der Waals surface area (Å²) >= 11 is 3.26. The van der Waals surface area contributed by atoms with E-state index in [-0.39, 0.29) is 4.90 Å². The quantitative estimate of drug-likeness (QED) is 0.651. The second kappa shape index (κ2) is 9.30. The van der Waals surface area contributed by atoms with Gasteiger partial charge in [0.2, 0.25) is 15.9 Å². The molecule has 1 atom stereocenters. The maximum atomic E-state index is 12.3. The minimum absolute atomic E-state index is 0.112. The molecule has 0 aliphatic carbocycles. The number of halogens is 1. The smallest absolute Gasteiger partial charge is 0.242 e. The van der Waals surface area contributed by atoms with E-state index in [0.29, 0.717) is 5.69 Å². The summed E-state index contributed by atoms with van der Waals surface area (Å²) in [6.07, 6.45) is 3.27. The fourth-order valence-corrected chi connectivity index (χ4v) is 3.82. The molecule has 0 bridgehead atoms. The summed E-state index contributed by atoms with van der Waals surface area (Å²) in [6, 6.07) is 12.9. The van der Waals surface area contributed by atoms with Gasteiger partial charge in [-0.3, -0.25) is 4.79 Å². The Labute approximate surface area is 163 Å². The zero-order valence-electron chi connectivity index (χ0n) is 14.8. The Morgan fingerprint density at radius 3 is 2.27 bits per heavy atom. The number of nitrogens with one attached hydrogen (secondary N) is 2. The molecule has 0 spiro atoms. The van der Waals surface area contributed by atoms with Crippen molar-refractivity contribution in [1.82, 2.24) is 4.72 Å². The second-order valence-electron chi connectivity index (χ2n) is 6.09. The van der Waals surface area contributed by atoms with E-state index in [1.165, 1.54) is 24.6 Å². The highest BCUT2D eigenvalue weighted by Gasteiger charge is 2.22. The van der Waals surface area contributed by atoms with Gasteiger partial charge in [0.1, 0.15) is 0 Å². The Morgan fingerprint density at radius 1 is 1.08 bits per heavy atom. The first-order chi connectivity index (χ1) is 12.3.